The smallest absolute Gasteiger partial charge is 0.336 e. The maximum atomic E-state index is 11.1. The summed E-state index contributed by atoms with van der Waals surface area (Å²) in [6.45, 7) is 1.39. The molecule has 0 bridgehead atoms. The minimum Gasteiger partial charge on any atom is -0.490 e. The van der Waals surface area contributed by atoms with Crippen molar-refractivity contribution in [2.24, 2.45) is 23.0 Å². The summed E-state index contributed by atoms with van der Waals surface area (Å²) in [7, 11) is 3.12. The summed E-state index contributed by atoms with van der Waals surface area (Å²) in [5, 5.41) is 2.26. The zero-order chi connectivity index (χ0) is 24.0. The number of hydrogen-bond acceptors (Lipinski definition) is 11. The van der Waals surface area contributed by atoms with Crippen LogP contribution in [0.1, 0.15) is 12.8 Å². The number of nitrogens with zero attached hydrogens (tertiary/aromatic N) is 1. The molecule has 0 saturated carbocycles. The van der Waals surface area contributed by atoms with Crippen LogP contribution in [0.5, 0.6) is 5.75 Å². The largest absolute Gasteiger partial charge is 0.490 e. The predicted molar refractivity (Wildman–Crippen MR) is 121 cm³/mol. The van der Waals surface area contributed by atoms with Crippen LogP contribution in [-0.4, -0.2) is 57.5 Å². The molecule has 0 unspecified atom stereocenters. The van der Waals surface area contributed by atoms with Gasteiger partial charge in [0.1, 0.15) is 29.9 Å². The van der Waals surface area contributed by atoms with Gasteiger partial charge in [-0.05, 0) is 24.6 Å². The number of ether oxygens (including phenoxy) is 3. The molecular formula is C21H33N5O6. The van der Waals surface area contributed by atoms with Crippen molar-refractivity contribution in [3.8, 4) is 5.75 Å². The fourth-order valence-corrected chi connectivity index (χ4v) is 2.42. The summed E-state index contributed by atoms with van der Waals surface area (Å²) in [5.41, 5.74) is 16.7. The Kier molecular flexibility index (Phi) is 12.0. The Hall–Kier alpha value is -2.96. The van der Waals surface area contributed by atoms with E-state index in [9.17, 15) is 9.59 Å². The molecule has 1 aromatic carbocycles. The number of rotatable bonds is 12. The minimum atomic E-state index is -1.07. The van der Waals surface area contributed by atoms with Gasteiger partial charge in [-0.2, -0.15) is 0 Å². The van der Waals surface area contributed by atoms with Crippen LogP contribution >= 0.6 is 0 Å². The van der Waals surface area contributed by atoms with Gasteiger partial charge < -0.3 is 45.6 Å². The summed E-state index contributed by atoms with van der Waals surface area (Å²) in [6.07, 6.45) is 3.42. The lowest BCUT2D eigenvalue weighted by Gasteiger charge is -2.23. The summed E-state index contributed by atoms with van der Waals surface area (Å²) >= 11 is 0. The molecule has 2 rings (SSSR count). The third-order valence-corrected chi connectivity index (χ3v) is 3.95. The van der Waals surface area contributed by atoms with Gasteiger partial charge in [0.15, 0.2) is 0 Å². The van der Waals surface area contributed by atoms with E-state index in [1.54, 1.807) is 37.6 Å². The van der Waals surface area contributed by atoms with Crippen LogP contribution < -0.4 is 33.4 Å². The van der Waals surface area contributed by atoms with Crippen LogP contribution in [0.15, 0.2) is 51.4 Å². The molecule has 0 aliphatic rings. The normalized spacial score (nSPS) is 11.6. The van der Waals surface area contributed by atoms with Crippen LogP contribution in [0.3, 0.4) is 0 Å². The fourth-order valence-electron chi connectivity index (χ4n) is 2.42. The van der Waals surface area contributed by atoms with E-state index >= 15 is 0 Å². The average molecular weight is 452 g/mol. The Morgan fingerprint density at radius 3 is 2.53 bits per heavy atom. The van der Waals surface area contributed by atoms with Gasteiger partial charge in [0.25, 0.3) is 0 Å². The van der Waals surface area contributed by atoms with E-state index in [4.69, 9.17) is 41.7 Å². The van der Waals surface area contributed by atoms with Crippen molar-refractivity contribution in [3.05, 3.63) is 52.6 Å². The zero-order valence-corrected chi connectivity index (χ0v) is 18.5. The fraction of sp³-hybridized carbons (Fsp3) is 0.429. The number of allylic oxidation sites excluding steroid dienone is 1. The molecule has 0 spiro atoms. The molecule has 32 heavy (non-hydrogen) atoms. The molecule has 0 amide bonds. The van der Waals surface area contributed by atoms with Gasteiger partial charge in [0, 0.05) is 50.1 Å². The van der Waals surface area contributed by atoms with Crippen molar-refractivity contribution < 1.29 is 23.4 Å². The lowest BCUT2D eigenvalue weighted by atomic mass is 10.2. The first kappa shape index (κ1) is 27.1. The van der Waals surface area contributed by atoms with Gasteiger partial charge in [-0.15, -0.1) is 0 Å². The maximum absolute atomic E-state index is 11.1. The molecule has 11 nitrogen and oxygen atoms in total. The Morgan fingerprint density at radius 2 is 1.88 bits per heavy atom. The number of hydrogen-bond donors (Lipinski definition) is 4. The highest BCUT2D eigenvalue weighted by molar-refractivity contribution is 5.77. The number of carbonyl (C=O) groups is 1. The highest BCUT2D eigenvalue weighted by atomic mass is 16.5. The van der Waals surface area contributed by atoms with Gasteiger partial charge in [-0.1, -0.05) is 0 Å². The quantitative estimate of drug-likeness (QED) is 0.112. The molecule has 11 heteroatoms. The minimum absolute atomic E-state index is 0.0867. The monoisotopic (exact) mass is 451 g/mol. The van der Waals surface area contributed by atoms with E-state index in [1.807, 2.05) is 0 Å². The average Bonchev–Trinajstić information content (AvgIpc) is 2.75. The molecule has 0 aliphatic carbocycles. The van der Waals surface area contributed by atoms with Crippen LogP contribution in [0.25, 0.3) is 11.0 Å². The number of aldehydes is 1. The van der Waals surface area contributed by atoms with Crippen molar-refractivity contribution in [2.45, 2.75) is 18.5 Å². The number of benzene rings is 1. The second kappa shape index (κ2) is 14.2. The number of methoxy groups -OCH3 is 2. The number of nitrogens with two attached hydrogens (primary N) is 4. The Labute approximate surface area is 186 Å². The second-order valence-corrected chi connectivity index (χ2v) is 7.05. The van der Waals surface area contributed by atoms with Crippen LogP contribution in [0.2, 0.25) is 0 Å². The summed E-state index contributed by atoms with van der Waals surface area (Å²) in [6, 6.07) is 8.22. The van der Waals surface area contributed by atoms with E-state index in [2.05, 4.69) is 0 Å². The van der Waals surface area contributed by atoms with Crippen molar-refractivity contribution >= 4 is 17.3 Å². The van der Waals surface area contributed by atoms with Gasteiger partial charge in [-0.25, -0.2) is 10.6 Å². The number of carbonyl (C=O) groups excluding carboxylic acids is 1. The molecule has 0 aliphatic heterocycles. The molecule has 178 valence electrons. The third-order valence-electron chi connectivity index (χ3n) is 3.95. The second-order valence-electron chi connectivity index (χ2n) is 7.05. The Morgan fingerprint density at radius 1 is 1.16 bits per heavy atom. The molecular weight excluding hydrogens is 418 g/mol. The van der Waals surface area contributed by atoms with Crippen LogP contribution in [0.4, 0.5) is 0 Å². The van der Waals surface area contributed by atoms with E-state index in [0.717, 1.165) is 11.7 Å². The van der Waals surface area contributed by atoms with Gasteiger partial charge in [0.2, 0.25) is 0 Å². The molecule has 0 fully saturated rings. The van der Waals surface area contributed by atoms with Gasteiger partial charge in [-0.3, -0.25) is 0 Å². The molecule has 2 aromatic rings. The molecule has 0 saturated heterocycles. The van der Waals surface area contributed by atoms with Gasteiger partial charge in [0.05, 0.1) is 19.8 Å². The standard InChI is InChI=1S/C13H16N2O4.C8H17N3O2/c1-17-7-13(14,15)8-18-10-4-2-9-3-5-12(16)19-11(9)6-10;1-13-6-4-11(10)7-8(9)3-2-5-12/h2-6H,7-8,14-15H2,1H3;5,7H,2-4,6,9-10H2,1H3/b;8-7-. The lowest BCUT2D eigenvalue weighted by Crippen LogP contribution is -2.57. The first-order valence-corrected chi connectivity index (χ1v) is 9.84. The van der Waals surface area contributed by atoms with Crippen LogP contribution in [-0.2, 0) is 14.3 Å². The Balaban J connectivity index is 0.000000347. The topological polar surface area (TPSA) is 182 Å². The lowest BCUT2D eigenvalue weighted by molar-refractivity contribution is -0.107. The maximum Gasteiger partial charge on any atom is 0.336 e. The first-order valence-electron chi connectivity index (χ1n) is 9.84. The van der Waals surface area contributed by atoms with Crippen molar-refractivity contribution in [1.82, 2.24) is 5.01 Å². The third kappa shape index (κ3) is 10.9. The molecule has 8 N–H and O–H groups in total. The molecule has 1 aromatic heterocycles. The molecule has 0 radical (unpaired) electrons. The zero-order valence-electron chi connectivity index (χ0n) is 18.5. The summed E-state index contributed by atoms with van der Waals surface area (Å²) in [5.74, 6) is 6.07. The summed E-state index contributed by atoms with van der Waals surface area (Å²) in [4.78, 5) is 21.2. The summed E-state index contributed by atoms with van der Waals surface area (Å²) < 4.78 is 20.3. The highest BCUT2D eigenvalue weighted by Crippen LogP contribution is 2.19. The van der Waals surface area contributed by atoms with E-state index in [0.29, 0.717) is 43.0 Å². The molecule has 0 atom stereocenters. The first-order chi connectivity index (χ1) is 15.2. The number of fused-ring (bicyclic) bond motifs is 1. The van der Waals surface area contributed by atoms with Crippen molar-refractivity contribution in [2.75, 3.05) is 40.6 Å². The number of hydrazine groups is 1. The van der Waals surface area contributed by atoms with E-state index in [-0.39, 0.29) is 13.2 Å². The SMILES string of the molecule is COCC(N)(N)COc1ccc2ccc(=O)oc2c1.COCCN(N)/C=C(\N)CCC=O. The predicted octanol–water partition coefficient (Wildman–Crippen LogP) is 0.0196. The van der Waals surface area contributed by atoms with E-state index in [1.165, 1.54) is 18.2 Å². The van der Waals surface area contributed by atoms with Crippen LogP contribution in [0, 0.1) is 0 Å². The van der Waals surface area contributed by atoms with Crippen molar-refractivity contribution in [3.63, 3.8) is 0 Å². The Bertz CT molecular complexity index is 915. The van der Waals surface area contributed by atoms with E-state index < -0.39 is 11.3 Å². The van der Waals surface area contributed by atoms with Crippen molar-refractivity contribution in [1.29, 1.82) is 0 Å². The van der Waals surface area contributed by atoms with Gasteiger partial charge >= 0.3 is 5.63 Å². The highest BCUT2D eigenvalue weighted by Gasteiger charge is 2.20. The molecule has 1 heterocycles.